The molecular weight excluding hydrogens is 647 g/mol. The minimum absolute atomic E-state index is 0. The maximum atomic E-state index is 2.35. The van der Waals surface area contributed by atoms with Gasteiger partial charge in [0, 0.05) is 0 Å². The molecule has 2 aliphatic carbocycles. The Morgan fingerprint density at radius 3 is 1.26 bits per heavy atom. The molecule has 0 nitrogen and oxygen atoms in total. The predicted molar refractivity (Wildman–Crippen MR) is 180 cm³/mol. The third-order valence-electron chi connectivity index (χ3n) is 7.22. The summed E-state index contributed by atoms with van der Waals surface area (Å²) in [5.41, 5.74) is 11.2. The molecule has 4 heteroatoms. The Balaban J connectivity index is 0. The number of allylic oxidation sites excluding steroid dienone is 6. The summed E-state index contributed by atoms with van der Waals surface area (Å²) in [5, 5.41) is 0. The number of benzene rings is 2. The molecule has 0 aromatic heterocycles. The van der Waals surface area contributed by atoms with Crippen molar-refractivity contribution in [2.45, 2.75) is 38.5 Å². The Labute approximate surface area is 291 Å². The van der Waals surface area contributed by atoms with Gasteiger partial charge in [-0.1, -0.05) is 98.8 Å². The van der Waals surface area contributed by atoms with E-state index in [-0.39, 0.29) is 76.8 Å². The van der Waals surface area contributed by atoms with Gasteiger partial charge in [0.25, 0.3) is 0 Å². The van der Waals surface area contributed by atoms with E-state index < -0.39 is 0 Å². The molecule has 0 spiro atoms. The molecule has 0 aliphatic heterocycles. The van der Waals surface area contributed by atoms with Gasteiger partial charge in [-0.3, -0.25) is 0 Å². The van der Waals surface area contributed by atoms with Gasteiger partial charge in [-0.2, -0.15) is 34.4 Å². The van der Waals surface area contributed by atoms with Crippen LogP contribution < -0.4 is 24.8 Å². The van der Waals surface area contributed by atoms with E-state index >= 15 is 0 Å². The van der Waals surface area contributed by atoms with Crippen molar-refractivity contribution in [3.05, 3.63) is 181 Å². The molecule has 0 bridgehead atoms. The van der Waals surface area contributed by atoms with Crippen LogP contribution in [0.1, 0.15) is 70.2 Å². The van der Waals surface area contributed by atoms with Crippen molar-refractivity contribution in [1.82, 2.24) is 0 Å². The van der Waals surface area contributed by atoms with Crippen molar-refractivity contribution in [2.75, 3.05) is 0 Å². The molecule has 42 heavy (non-hydrogen) atoms. The van der Waals surface area contributed by atoms with E-state index in [9.17, 15) is 0 Å². The first-order valence-electron chi connectivity index (χ1n) is 13.2. The summed E-state index contributed by atoms with van der Waals surface area (Å²) < 4.78 is 0. The van der Waals surface area contributed by atoms with Crippen LogP contribution in [0.5, 0.6) is 0 Å². The van der Waals surface area contributed by atoms with E-state index in [1.807, 2.05) is 0 Å². The third kappa shape index (κ3) is 9.92. The predicted octanol–water partition coefficient (Wildman–Crippen LogP) is 2.82. The first kappa shape index (κ1) is 41.9. The quantitative estimate of drug-likeness (QED) is 0.229. The molecule has 6 rings (SSSR count). The molecule has 0 heterocycles. The smallest absolute Gasteiger partial charge is 1.00 e. The van der Waals surface area contributed by atoms with E-state index in [0.29, 0.717) is 11.8 Å². The van der Waals surface area contributed by atoms with E-state index in [1.54, 1.807) is 0 Å². The number of rotatable bonds is 4. The summed E-state index contributed by atoms with van der Waals surface area (Å²) in [7, 11) is 0. The number of aryl methyl sites for hydroxylation is 2. The standard InChI is InChI=1S/2C18H17.2CH3.2ClH.H4Si.Zr/c2*1-2-14-12-16-10-6-7-11-17(18(16)13-14)15-8-4-3-5-9-15;;;;;;/h2*3-13,17H,2H2,1H3;2*1H3;2*1H;1H4;/q4*-1;;;;+2/p-2. The molecular formula is C38H44Cl2SiZr-4. The van der Waals surface area contributed by atoms with Crippen molar-refractivity contribution < 1.29 is 51.0 Å². The van der Waals surface area contributed by atoms with E-state index in [0.717, 1.165) is 12.8 Å². The maximum absolute atomic E-state index is 2.35. The van der Waals surface area contributed by atoms with Crippen LogP contribution >= 0.6 is 0 Å². The van der Waals surface area contributed by atoms with E-state index in [2.05, 4.69) is 147 Å². The Morgan fingerprint density at radius 1 is 0.571 bits per heavy atom. The first-order valence-corrected chi connectivity index (χ1v) is 13.2. The topological polar surface area (TPSA) is 0 Å². The van der Waals surface area contributed by atoms with Gasteiger partial charge in [-0.05, 0) is 46.8 Å². The largest absolute Gasteiger partial charge is 2.00 e. The minimum Gasteiger partial charge on any atom is -1.00 e. The van der Waals surface area contributed by atoms with Gasteiger partial charge in [0.2, 0.25) is 0 Å². The van der Waals surface area contributed by atoms with Crippen LogP contribution in [-0.4, -0.2) is 11.0 Å². The fraction of sp³-hybridized carbons (Fsp3) is 0.158. The number of halogens is 2. The summed E-state index contributed by atoms with van der Waals surface area (Å²) in [4.78, 5) is 0. The van der Waals surface area contributed by atoms with Crippen LogP contribution in [0.4, 0.5) is 0 Å². The van der Waals surface area contributed by atoms with Gasteiger partial charge in [0.05, 0.1) is 0 Å². The van der Waals surface area contributed by atoms with Crippen LogP contribution in [0.15, 0.2) is 121 Å². The molecule has 4 aromatic carbocycles. The third-order valence-corrected chi connectivity index (χ3v) is 7.22. The zero-order valence-electron chi connectivity index (χ0n) is 24.5. The summed E-state index contributed by atoms with van der Waals surface area (Å²) in [6, 6.07) is 30.8. The van der Waals surface area contributed by atoms with Crippen molar-refractivity contribution in [3.63, 3.8) is 0 Å². The van der Waals surface area contributed by atoms with Crippen molar-refractivity contribution >= 4 is 23.1 Å². The summed E-state index contributed by atoms with van der Waals surface area (Å²) in [6.45, 7) is 4.43. The van der Waals surface area contributed by atoms with Crippen molar-refractivity contribution in [3.8, 4) is 0 Å². The second kappa shape index (κ2) is 20.6. The van der Waals surface area contributed by atoms with Gasteiger partial charge in [-0.25, -0.2) is 0 Å². The van der Waals surface area contributed by atoms with Gasteiger partial charge in [0.1, 0.15) is 0 Å². The maximum Gasteiger partial charge on any atom is 2.00 e. The molecule has 0 fully saturated rings. The number of hydrogen-bond acceptors (Lipinski definition) is 0. The Hall–Kier alpha value is -2.22. The molecule has 2 aliphatic rings. The molecule has 0 saturated heterocycles. The Bertz CT molecular complexity index is 1300. The van der Waals surface area contributed by atoms with E-state index in [1.165, 1.54) is 44.5 Å². The van der Waals surface area contributed by atoms with Gasteiger partial charge in [-0.15, -0.1) is 47.6 Å². The molecule has 0 radical (unpaired) electrons. The average Bonchev–Trinajstić information content (AvgIpc) is 3.41. The van der Waals surface area contributed by atoms with Crippen LogP contribution in [-0.2, 0) is 39.0 Å². The molecule has 222 valence electrons. The molecule has 0 saturated carbocycles. The van der Waals surface area contributed by atoms with Crippen molar-refractivity contribution in [2.24, 2.45) is 0 Å². The summed E-state index contributed by atoms with van der Waals surface area (Å²) >= 11 is 0. The molecule has 0 amide bonds. The SMILES string of the molecule is CCc1cc2c([cH-]1)C=CC=CC2c1ccccc1.CCc1cc2c([cH-]1)C=CC=CC2c1ccccc1.[CH3-].[CH3-].[Cl-].[Cl-].[SiH4].[Zr+2]. The van der Waals surface area contributed by atoms with Crippen LogP contribution in [0.3, 0.4) is 0 Å². The van der Waals surface area contributed by atoms with Gasteiger partial charge < -0.3 is 39.7 Å². The summed E-state index contributed by atoms with van der Waals surface area (Å²) in [6.07, 6.45) is 19.8. The van der Waals surface area contributed by atoms with Gasteiger partial charge in [0.15, 0.2) is 0 Å². The van der Waals surface area contributed by atoms with Gasteiger partial charge >= 0.3 is 26.2 Å². The van der Waals surface area contributed by atoms with Crippen LogP contribution in [0.2, 0.25) is 0 Å². The zero-order chi connectivity index (χ0) is 24.7. The normalized spacial score (nSPS) is 15.0. The second-order valence-corrected chi connectivity index (χ2v) is 9.52. The molecule has 2 atom stereocenters. The van der Waals surface area contributed by atoms with Crippen molar-refractivity contribution in [1.29, 1.82) is 0 Å². The average molecular weight is 691 g/mol. The minimum atomic E-state index is 0. The zero-order valence-corrected chi connectivity index (χ0v) is 28.5. The van der Waals surface area contributed by atoms with Crippen LogP contribution in [0.25, 0.3) is 12.2 Å². The monoisotopic (exact) mass is 688 g/mol. The summed E-state index contributed by atoms with van der Waals surface area (Å²) in [5.74, 6) is 0.771. The Morgan fingerprint density at radius 2 is 0.929 bits per heavy atom. The first-order chi connectivity index (χ1) is 17.8. The molecule has 0 N–H and O–H groups in total. The molecule has 2 unspecified atom stereocenters. The second-order valence-electron chi connectivity index (χ2n) is 9.52. The fourth-order valence-corrected chi connectivity index (χ4v) is 5.23. The Kier molecular flexibility index (Phi) is 20.6. The van der Waals surface area contributed by atoms with Crippen LogP contribution in [0, 0.1) is 14.9 Å². The number of hydrogen-bond donors (Lipinski definition) is 0. The number of fused-ring (bicyclic) bond motifs is 2. The van der Waals surface area contributed by atoms with E-state index in [4.69, 9.17) is 0 Å². The fourth-order valence-electron chi connectivity index (χ4n) is 5.23. The molecule has 4 aromatic rings.